The van der Waals surface area contributed by atoms with Crippen LogP contribution < -0.4 is 0 Å². The van der Waals surface area contributed by atoms with Crippen molar-refractivity contribution in [2.24, 2.45) is 5.92 Å². The SMILES string of the molecule is C=CCC(Br)(c1ccccc1C(C)C)C(C)C. The summed E-state index contributed by atoms with van der Waals surface area (Å²) in [6.07, 6.45) is 2.96. The summed E-state index contributed by atoms with van der Waals surface area (Å²) < 4.78 is 0.00954. The molecule has 0 nitrogen and oxygen atoms in total. The van der Waals surface area contributed by atoms with Crippen molar-refractivity contribution < 1.29 is 0 Å². The average Bonchev–Trinajstić information content (AvgIpc) is 2.29. The minimum atomic E-state index is 0.00954. The van der Waals surface area contributed by atoms with Gasteiger partial charge in [-0.2, -0.15) is 0 Å². The third-order valence-corrected chi connectivity index (χ3v) is 5.05. The van der Waals surface area contributed by atoms with Crippen LogP contribution in [0.4, 0.5) is 0 Å². The second kappa shape index (κ2) is 5.86. The highest BCUT2D eigenvalue weighted by molar-refractivity contribution is 9.09. The fraction of sp³-hybridized carbons (Fsp3) is 0.500. The van der Waals surface area contributed by atoms with Crippen molar-refractivity contribution in [1.29, 1.82) is 0 Å². The zero-order valence-corrected chi connectivity index (χ0v) is 12.9. The van der Waals surface area contributed by atoms with Crippen molar-refractivity contribution in [3.63, 3.8) is 0 Å². The summed E-state index contributed by atoms with van der Waals surface area (Å²) in [4.78, 5) is 0. The molecule has 0 saturated carbocycles. The molecule has 0 amide bonds. The van der Waals surface area contributed by atoms with Gasteiger partial charge < -0.3 is 0 Å². The maximum Gasteiger partial charge on any atom is 0.0565 e. The predicted octanol–water partition coefficient (Wildman–Crippen LogP) is 5.63. The van der Waals surface area contributed by atoms with E-state index in [-0.39, 0.29) is 4.32 Å². The molecule has 0 heterocycles. The fourth-order valence-corrected chi connectivity index (χ4v) is 2.84. The minimum Gasteiger partial charge on any atom is -0.103 e. The molecule has 0 bridgehead atoms. The van der Waals surface area contributed by atoms with Crippen LogP contribution in [0.2, 0.25) is 0 Å². The van der Waals surface area contributed by atoms with Crippen molar-refractivity contribution in [3.8, 4) is 0 Å². The first-order valence-electron chi connectivity index (χ1n) is 6.32. The first kappa shape index (κ1) is 14.5. The van der Waals surface area contributed by atoms with E-state index in [0.29, 0.717) is 11.8 Å². The normalized spacial score (nSPS) is 15.0. The van der Waals surface area contributed by atoms with E-state index in [9.17, 15) is 0 Å². The Bertz CT molecular complexity index is 379. The van der Waals surface area contributed by atoms with Gasteiger partial charge in [0.05, 0.1) is 4.32 Å². The van der Waals surface area contributed by atoms with Crippen molar-refractivity contribution in [3.05, 3.63) is 48.0 Å². The summed E-state index contributed by atoms with van der Waals surface area (Å²) in [5.41, 5.74) is 2.84. The standard InChI is InChI=1S/C16H23Br/c1-6-11-16(17,13(4)5)15-10-8-7-9-14(15)12(2)3/h6-10,12-13H,1,11H2,2-5H3. The van der Waals surface area contributed by atoms with Crippen LogP contribution in [0.5, 0.6) is 0 Å². The molecule has 94 valence electrons. The van der Waals surface area contributed by atoms with E-state index < -0.39 is 0 Å². The van der Waals surface area contributed by atoms with Gasteiger partial charge in [0.15, 0.2) is 0 Å². The number of rotatable bonds is 5. The van der Waals surface area contributed by atoms with Gasteiger partial charge in [-0.3, -0.25) is 0 Å². The molecule has 0 saturated heterocycles. The van der Waals surface area contributed by atoms with Crippen LogP contribution in [0.25, 0.3) is 0 Å². The molecule has 0 aromatic heterocycles. The number of halogens is 1. The lowest BCUT2D eigenvalue weighted by Crippen LogP contribution is -2.26. The molecular weight excluding hydrogens is 272 g/mol. The first-order chi connectivity index (χ1) is 7.93. The van der Waals surface area contributed by atoms with Gasteiger partial charge in [0.2, 0.25) is 0 Å². The molecule has 1 aromatic carbocycles. The summed E-state index contributed by atoms with van der Waals surface area (Å²) in [6.45, 7) is 12.9. The summed E-state index contributed by atoms with van der Waals surface area (Å²) in [7, 11) is 0. The third kappa shape index (κ3) is 3.01. The summed E-state index contributed by atoms with van der Waals surface area (Å²) >= 11 is 3.97. The molecule has 0 N–H and O–H groups in total. The molecule has 0 aliphatic carbocycles. The topological polar surface area (TPSA) is 0 Å². The summed E-state index contributed by atoms with van der Waals surface area (Å²) in [5, 5.41) is 0. The van der Waals surface area contributed by atoms with Gasteiger partial charge in [-0.15, -0.1) is 6.58 Å². The van der Waals surface area contributed by atoms with Gasteiger partial charge in [-0.25, -0.2) is 0 Å². The smallest absolute Gasteiger partial charge is 0.0565 e. The van der Waals surface area contributed by atoms with Crippen LogP contribution in [0.15, 0.2) is 36.9 Å². The van der Waals surface area contributed by atoms with Crippen LogP contribution in [-0.2, 0) is 4.32 Å². The van der Waals surface area contributed by atoms with E-state index in [0.717, 1.165) is 6.42 Å². The second-order valence-corrected chi connectivity index (χ2v) is 6.67. The summed E-state index contributed by atoms with van der Waals surface area (Å²) in [6, 6.07) is 8.73. The van der Waals surface area contributed by atoms with Gasteiger partial charge in [0.25, 0.3) is 0 Å². The second-order valence-electron chi connectivity index (χ2n) is 5.25. The maximum absolute atomic E-state index is 3.97. The number of hydrogen-bond donors (Lipinski definition) is 0. The van der Waals surface area contributed by atoms with E-state index in [1.807, 2.05) is 6.08 Å². The molecule has 1 aromatic rings. The Kier molecular flexibility index (Phi) is 5.00. The lowest BCUT2D eigenvalue weighted by atomic mass is 9.80. The van der Waals surface area contributed by atoms with Crippen molar-refractivity contribution in [1.82, 2.24) is 0 Å². The van der Waals surface area contributed by atoms with Crippen LogP contribution in [0, 0.1) is 5.92 Å². The highest BCUT2D eigenvalue weighted by Crippen LogP contribution is 2.45. The zero-order valence-electron chi connectivity index (χ0n) is 11.3. The Morgan fingerprint density at radius 2 is 1.82 bits per heavy atom. The fourth-order valence-electron chi connectivity index (χ4n) is 2.25. The Labute approximate surface area is 114 Å². The van der Waals surface area contributed by atoms with E-state index >= 15 is 0 Å². The average molecular weight is 295 g/mol. The van der Waals surface area contributed by atoms with Gasteiger partial charge in [-0.1, -0.05) is 74.0 Å². The molecule has 1 atom stereocenters. The number of hydrogen-bond acceptors (Lipinski definition) is 0. The number of alkyl halides is 1. The van der Waals surface area contributed by atoms with Gasteiger partial charge >= 0.3 is 0 Å². The lowest BCUT2D eigenvalue weighted by molar-refractivity contribution is 0.459. The van der Waals surface area contributed by atoms with E-state index in [2.05, 4.69) is 74.5 Å². The van der Waals surface area contributed by atoms with Crippen LogP contribution in [0.3, 0.4) is 0 Å². The molecule has 1 rings (SSSR count). The molecule has 0 radical (unpaired) electrons. The number of benzene rings is 1. The zero-order chi connectivity index (χ0) is 13.1. The van der Waals surface area contributed by atoms with Crippen LogP contribution in [-0.4, -0.2) is 0 Å². The molecule has 17 heavy (non-hydrogen) atoms. The quantitative estimate of drug-likeness (QED) is 0.487. The highest BCUT2D eigenvalue weighted by Gasteiger charge is 2.33. The Hall–Kier alpha value is -0.560. The van der Waals surface area contributed by atoms with E-state index in [1.54, 1.807) is 0 Å². The van der Waals surface area contributed by atoms with Crippen molar-refractivity contribution >= 4 is 15.9 Å². The van der Waals surface area contributed by atoms with Crippen molar-refractivity contribution in [2.75, 3.05) is 0 Å². The van der Waals surface area contributed by atoms with E-state index in [1.165, 1.54) is 11.1 Å². The molecule has 0 aliphatic rings. The van der Waals surface area contributed by atoms with Crippen LogP contribution in [0.1, 0.15) is 51.2 Å². The number of allylic oxidation sites excluding steroid dienone is 1. The largest absolute Gasteiger partial charge is 0.103 e. The molecule has 0 spiro atoms. The molecule has 0 fully saturated rings. The monoisotopic (exact) mass is 294 g/mol. The Balaban J connectivity index is 3.32. The lowest BCUT2D eigenvalue weighted by Gasteiger charge is -2.34. The molecular formula is C16H23Br. The van der Waals surface area contributed by atoms with Crippen molar-refractivity contribution in [2.45, 2.75) is 44.4 Å². The minimum absolute atomic E-state index is 0.00954. The summed E-state index contributed by atoms with van der Waals surface area (Å²) in [5.74, 6) is 1.08. The maximum atomic E-state index is 3.97. The third-order valence-electron chi connectivity index (χ3n) is 3.39. The van der Waals surface area contributed by atoms with Gasteiger partial charge in [0, 0.05) is 0 Å². The molecule has 0 aliphatic heterocycles. The predicted molar refractivity (Wildman–Crippen MR) is 80.8 cm³/mol. The van der Waals surface area contributed by atoms with E-state index in [4.69, 9.17) is 0 Å². The Morgan fingerprint density at radius 3 is 2.29 bits per heavy atom. The molecule has 1 heteroatoms. The van der Waals surface area contributed by atoms with Gasteiger partial charge in [0.1, 0.15) is 0 Å². The Morgan fingerprint density at radius 1 is 1.24 bits per heavy atom. The van der Waals surface area contributed by atoms with Crippen LogP contribution >= 0.6 is 15.9 Å². The van der Waals surface area contributed by atoms with Gasteiger partial charge in [-0.05, 0) is 29.4 Å². The highest BCUT2D eigenvalue weighted by atomic mass is 79.9. The molecule has 1 unspecified atom stereocenters. The first-order valence-corrected chi connectivity index (χ1v) is 7.12.